The van der Waals surface area contributed by atoms with Gasteiger partial charge in [0, 0.05) is 19.0 Å². The normalized spacial score (nSPS) is 20.3. The number of anilines is 1. The van der Waals surface area contributed by atoms with Gasteiger partial charge in [-0.3, -0.25) is 23.2 Å². The van der Waals surface area contributed by atoms with Gasteiger partial charge in [-0.05, 0) is 56.9 Å². The van der Waals surface area contributed by atoms with Crippen LogP contribution in [0.5, 0.6) is 0 Å². The molecule has 8 atom stereocenters. The lowest BCUT2D eigenvalue weighted by Gasteiger charge is -2.21. The number of aliphatic hydroxyl groups is 3. The highest BCUT2D eigenvalue weighted by molar-refractivity contribution is 7.61. The molecule has 1 aromatic heterocycles. The van der Waals surface area contributed by atoms with Gasteiger partial charge in [-0.15, -0.1) is 0 Å². The van der Waals surface area contributed by atoms with Crippen molar-refractivity contribution >= 4 is 33.4 Å². The van der Waals surface area contributed by atoms with Gasteiger partial charge in [0.25, 0.3) is 0 Å². The molecule has 0 amide bonds. The van der Waals surface area contributed by atoms with E-state index in [0.29, 0.717) is 32.1 Å². The summed E-state index contributed by atoms with van der Waals surface area (Å²) in [4.78, 5) is 61.8. The quantitative estimate of drug-likeness (QED) is 0.0118. The highest BCUT2D eigenvalue weighted by Gasteiger charge is 2.46. The Balaban J connectivity index is 1.86. The number of rotatable bonds is 39. The molecular weight excluding hydrogens is 936 g/mol. The number of carbonyl (C=O) groups is 2. The third-order valence-electron chi connectivity index (χ3n) is 10.9. The van der Waals surface area contributed by atoms with E-state index in [1.807, 2.05) is 36.5 Å². The van der Waals surface area contributed by atoms with Crippen molar-refractivity contribution in [2.75, 3.05) is 25.6 Å². The van der Waals surface area contributed by atoms with Gasteiger partial charge < -0.3 is 45.1 Å². The number of phosphoric acid groups is 2. The lowest BCUT2D eigenvalue weighted by atomic mass is 10.0. The van der Waals surface area contributed by atoms with Gasteiger partial charge in [-0.2, -0.15) is 9.29 Å². The monoisotopic (exact) mass is 1020 g/mol. The molecule has 7 N–H and O–H groups in total. The van der Waals surface area contributed by atoms with Crippen LogP contribution in [0.25, 0.3) is 0 Å². The van der Waals surface area contributed by atoms with Crippen molar-refractivity contribution in [2.24, 2.45) is 5.92 Å². The number of phosphoric ester groups is 2. The summed E-state index contributed by atoms with van der Waals surface area (Å²) in [6.45, 7) is 4.26. The number of carbonyl (C=O) groups excluding carboxylic acids is 2. The molecule has 2 unspecified atom stereocenters. The van der Waals surface area contributed by atoms with Gasteiger partial charge in [0.2, 0.25) is 0 Å². The molecular formula is C48H81N3O16P2. The Hall–Kier alpha value is -3.32. The Kier molecular flexibility index (Phi) is 32.0. The number of aliphatic hydroxyl groups excluding tert-OH is 3. The van der Waals surface area contributed by atoms with E-state index in [1.165, 1.54) is 57.4 Å². The molecule has 2 rings (SSSR count). The molecule has 1 aliphatic heterocycles. The first kappa shape index (κ1) is 61.8. The second-order valence-corrected chi connectivity index (χ2v) is 20.7. The minimum absolute atomic E-state index is 0.0601. The van der Waals surface area contributed by atoms with E-state index in [4.69, 9.17) is 29.0 Å². The van der Waals surface area contributed by atoms with Crippen molar-refractivity contribution < 1.29 is 71.4 Å². The van der Waals surface area contributed by atoms with Crippen LogP contribution >= 0.6 is 15.6 Å². The summed E-state index contributed by atoms with van der Waals surface area (Å²) in [5, 5.41) is 31.0. The van der Waals surface area contributed by atoms with Crippen LogP contribution in [-0.4, -0.2) is 96.9 Å². The summed E-state index contributed by atoms with van der Waals surface area (Å²) < 4.78 is 56.6. The summed E-state index contributed by atoms with van der Waals surface area (Å²) in [6, 6.07) is 1.24. The van der Waals surface area contributed by atoms with E-state index in [1.54, 1.807) is 6.08 Å². The SMILES string of the molecule is CCCCC/C=C\C=C/[C@H](O)C/C=C\C/C=C/CCCC(=O)O[C@H](COC(=O)CCCCCCCCCCCCC(C)C)COP(=O)(O)OP(=O)(O)OC[C@H]1O[C@@H](n2ccc(N)nc2=O)[C@H](O)[C@@H]1O. The van der Waals surface area contributed by atoms with Crippen LogP contribution in [0.15, 0.2) is 65.7 Å². The standard InChI is InChI=1S/C48H81N3O16P2/c1-4-5-6-7-13-19-24-29-39(52)30-25-20-15-12-17-22-27-32-44(54)65-40(35-62-43(53)31-26-21-16-11-9-8-10-14-18-23-28-38(2)3)36-63-68(58,59)67-69(60,61)64-37-41-45(55)46(56)47(66-41)51-34-33-42(49)50-48(51)57/h12-13,17,19-20,24-25,29,33-34,38-41,45-47,52,55-56H,4-11,14-16,18,21-23,26-28,30-32,35-37H2,1-3H3,(H,58,59)(H,60,61)(H2,49,50,57)/b17-12+,19-13-,25-20-,29-24-/t39-,40+,41+,45+,46+,47+/m0/s1. The van der Waals surface area contributed by atoms with Crippen LogP contribution in [0.2, 0.25) is 0 Å². The number of nitrogens with two attached hydrogens (primary N) is 1. The van der Waals surface area contributed by atoms with Gasteiger partial charge in [0.15, 0.2) is 12.3 Å². The predicted octanol–water partition coefficient (Wildman–Crippen LogP) is 8.60. The van der Waals surface area contributed by atoms with E-state index in [9.17, 15) is 48.6 Å². The number of nitrogen functional groups attached to an aromatic ring is 1. The maximum Gasteiger partial charge on any atom is 0.481 e. The molecule has 21 heteroatoms. The molecule has 0 spiro atoms. The van der Waals surface area contributed by atoms with Gasteiger partial charge >= 0.3 is 33.3 Å². The van der Waals surface area contributed by atoms with Crippen LogP contribution in [0.1, 0.15) is 162 Å². The largest absolute Gasteiger partial charge is 0.481 e. The zero-order valence-corrected chi connectivity index (χ0v) is 42.7. The van der Waals surface area contributed by atoms with E-state index in [-0.39, 0.29) is 18.7 Å². The maximum atomic E-state index is 12.8. The first-order valence-electron chi connectivity index (χ1n) is 24.6. The molecule has 0 aromatic carbocycles. The van der Waals surface area contributed by atoms with Gasteiger partial charge in [0.05, 0.1) is 19.3 Å². The molecule has 0 bridgehead atoms. The lowest BCUT2D eigenvalue weighted by Crippen LogP contribution is -2.36. The average molecular weight is 1020 g/mol. The van der Waals surface area contributed by atoms with Crippen LogP contribution in [0, 0.1) is 5.92 Å². The van der Waals surface area contributed by atoms with Crippen molar-refractivity contribution in [3.05, 3.63) is 71.4 Å². The van der Waals surface area contributed by atoms with Crippen molar-refractivity contribution in [1.82, 2.24) is 9.55 Å². The smallest absolute Gasteiger partial charge is 0.462 e. The molecule has 1 aromatic rings. The van der Waals surface area contributed by atoms with Crippen LogP contribution in [-0.2, 0) is 46.3 Å². The molecule has 1 fully saturated rings. The molecule has 2 heterocycles. The number of nitrogens with zero attached hydrogens (tertiary/aromatic N) is 2. The summed E-state index contributed by atoms with van der Waals surface area (Å²) in [5.41, 5.74) is 4.57. The van der Waals surface area contributed by atoms with Crippen molar-refractivity contribution in [1.29, 1.82) is 0 Å². The zero-order valence-electron chi connectivity index (χ0n) is 40.9. The van der Waals surface area contributed by atoms with E-state index >= 15 is 0 Å². The number of hydrogen-bond acceptors (Lipinski definition) is 16. The fraction of sp³-hybridized carbons (Fsp3) is 0.708. The number of aromatic nitrogens is 2. The Bertz CT molecular complexity index is 1870. The topological polar surface area (TPSA) is 286 Å². The van der Waals surface area contributed by atoms with Crippen molar-refractivity contribution in [2.45, 2.75) is 192 Å². The lowest BCUT2D eigenvalue weighted by molar-refractivity contribution is -0.161. The molecule has 0 saturated carbocycles. The van der Waals surface area contributed by atoms with Gasteiger partial charge in [-0.1, -0.05) is 146 Å². The number of hydrogen-bond donors (Lipinski definition) is 6. The number of unbranched alkanes of at least 4 members (excludes halogenated alkanes) is 13. The highest BCUT2D eigenvalue weighted by atomic mass is 31.3. The summed E-state index contributed by atoms with van der Waals surface area (Å²) in [6.07, 6.45) is 26.7. The summed E-state index contributed by atoms with van der Waals surface area (Å²) >= 11 is 0. The Morgan fingerprint density at radius 2 is 1.45 bits per heavy atom. The number of ether oxygens (including phenoxy) is 3. The Morgan fingerprint density at radius 1 is 0.812 bits per heavy atom. The van der Waals surface area contributed by atoms with Gasteiger partial charge in [0.1, 0.15) is 30.7 Å². The molecule has 1 aliphatic rings. The van der Waals surface area contributed by atoms with E-state index in [0.717, 1.165) is 55.2 Å². The second kappa shape index (κ2) is 35.7. The Morgan fingerprint density at radius 3 is 2.13 bits per heavy atom. The minimum atomic E-state index is -5.45. The molecule has 69 heavy (non-hydrogen) atoms. The first-order valence-corrected chi connectivity index (χ1v) is 27.6. The van der Waals surface area contributed by atoms with Crippen LogP contribution in [0.3, 0.4) is 0 Å². The van der Waals surface area contributed by atoms with Crippen molar-refractivity contribution in [3.63, 3.8) is 0 Å². The van der Waals surface area contributed by atoms with Crippen LogP contribution in [0.4, 0.5) is 5.82 Å². The minimum Gasteiger partial charge on any atom is -0.462 e. The van der Waals surface area contributed by atoms with Crippen LogP contribution < -0.4 is 11.4 Å². The van der Waals surface area contributed by atoms with Gasteiger partial charge in [-0.25, -0.2) is 13.9 Å². The fourth-order valence-corrected chi connectivity index (χ4v) is 9.15. The molecule has 394 valence electrons. The van der Waals surface area contributed by atoms with E-state index in [2.05, 4.69) is 36.1 Å². The summed E-state index contributed by atoms with van der Waals surface area (Å²) in [5.74, 6) is -0.665. The predicted molar refractivity (Wildman–Crippen MR) is 262 cm³/mol. The zero-order chi connectivity index (χ0) is 50.9. The molecule has 0 radical (unpaired) electrons. The fourth-order valence-electron chi connectivity index (χ4n) is 7.04. The maximum absolute atomic E-state index is 12.8. The highest BCUT2D eigenvalue weighted by Crippen LogP contribution is 2.60. The summed E-state index contributed by atoms with van der Waals surface area (Å²) in [7, 11) is -10.9. The molecule has 1 saturated heterocycles. The number of allylic oxidation sites excluding steroid dienone is 6. The second-order valence-electron chi connectivity index (χ2n) is 17.6. The average Bonchev–Trinajstić information content (AvgIpc) is 3.57. The third-order valence-corrected chi connectivity index (χ3v) is 13.5. The van der Waals surface area contributed by atoms with Crippen molar-refractivity contribution in [3.8, 4) is 0 Å². The van der Waals surface area contributed by atoms with E-state index < -0.39 is 89.8 Å². The third kappa shape index (κ3) is 29.6. The molecule has 0 aliphatic carbocycles. The molecule has 19 nitrogen and oxygen atoms in total. The Labute approximate surface area is 408 Å². The number of esters is 2. The first-order chi connectivity index (χ1) is 32.9.